The molecule has 0 saturated heterocycles. The second-order valence-electron chi connectivity index (χ2n) is 8.05. The van der Waals surface area contributed by atoms with Gasteiger partial charge in [0.1, 0.15) is 18.0 Å². The summed E-state index contributed by atoms with van der Waals surface area (Å²) in [7, 11) is 0. The molecular weight excluding hydrogens is 366 g/mol. The topological polar surface area (TPSA) is 67.8 Å². The summed E-state index contributed by atoms with van der Waals surface area (Å²) in [6.45, 7) is 7.75. The Morgan fingerprint density at radius 1 is 1.07 bits per heavy atom. The molecule has 0 spiro atoms. The third-order valence-electron chi connectivity index (χ3n) is 4.06. The number of benzene rings is 2. The molecule has 2 rings (SSSR count). The summed E-state index contributed by atoms with van der Waals surface area (Å²) in [4.78, 5) is 12.2. The van der Waals surface area contributed by atoms with E-state index in [1.807, 2.05) is 88.4 Å². The van der Waals surface area contributed by atoms with E-state index in [1.54, 1.807) is 0 Å². The molecule has 0 bridgehead atoms. The highest BCUT2D eigenvalue weighted by molar-refractivity contribution is 5.68. The van der Waals surface area contributed by atoms with Crippen molar-refractivity contribution in [3.8, 4) is 5.75 Å². The van der Waals surface area contributed by atoms with E-state index in [0.29, 0.717) is 13.0 Å². The Bertz CT molecular complexity index is 792. The van der Waals surface area contributed by atoms with Gasteiger partial charge in [-0.3, -0.25) is 0 Å². The average molecular weight is 398 g/mol. The molecule has 0 aliphatic carbocycles. The van der Waals surface area contributed by atoms with Gasteiger partial charge < -0.3 is 19.9 Å². The molecule has 156 valence electrons. The largest absolute Gasteiger partial charge is 0.489 e. The standard InChI is InChI=1S/C24H31NO4/c1-18(16-26)14-21(25-23(27)29-24(2,3)4)15-19-10-12-22(13-11-19)28-17-20-8-6-5-7-9-20/h5-14,21,26H,15-17H2,1-4H3,(H,25,27)/b18-14+/t21-/m1/s1. The molecule has 0 heterocycles. The van der Waals surface area contributed by atoms with Crippen molar-refractivity contribution in [1.29, 1.82) is 0 Å². The van der Waals surface area contributed by atoms with Gasteiger partial charge in [-0.25, -0.2) is 4.79 Å². The number of hydrogen-bond acceptors (Lipinski definition) is 4. The maximum atomic E-state index is 12.2. The smallest absolute Gasteiger partial charge is 0.408 e. The maximum absolute atomic E-state index is 12.2. The Balaban J connectivity index is 1.99. The van der Waals surface area contributed by atoms with Crippen LogP contribution in [0.5, 0.6) is 5.75 Å². The Morgan fingerprint density at radius 2 is 1.72 bits per heavy atom. The van der Waals surface area contributed by atoms with E-state index in [4.69, 9.17) is 9.47 Å². The Hall–Kier alpha value is -2.79. The molecule has 29 heavy (non-hydrogen) atoms. The highest BCUT2D eigenvalue weighted by Crippen LogP contribution is 2.16. The molecule has 0 aliphatic rings. The van der Waals surface area contributed by atoms with E-state index < -0.39 is 11.7 Å². The number of rotatable bonds is 8. The van der Waals surface area contributed by atoms with Crippen LogP contribution in [-0.2, 0) is 17.8 Å². The number of ether oxygens (including phenoxy) is 2. The van der Waals surface area contributed by atoms with Crippen LogP contribution in [0, 0.1) is 0 Å². The molecule has 0 fully saturated rings. The number of alkyl carbamates (subject to hydrolysis) is 1. The Morgan fingerprint density at radius 3 is 2.31 bits per heavy atom. The second kappa shape index (κ2) is 10.7. The molecule has 0 radical (unpaired) electrons. The molecule has 0 unspecified atom stereocenters. The lowest BCUT2D eigenvalue weighted by Gasteiger charge is -2.23. The summed E-state index contributed by atoms with van der Waals surface area (Å²) >= 11 is 0. The fourth-order valence-electron chi connectivity index (χ4n) is 2.72. The molecule has 2 aromatic rings. The first-order valence-corrected chi connectivity index (χ1v) is 9.78. The van der Waals surface area contributed by atoms with E-state index in [-0.39, 0.29) is 12.6 Å². The van der Waals surface area contributed by atoms with Crippen LogP contribution in [0.25, 0.3) is 0 Å². The molecular formula is C24H31NO4. The predicted molar refractivity (Wildman–Crippen MR) is 115 cm³/mol. The van der Waals surface area contributed by atoms with Crippen molar-refractivity contribution in [1.82, 2.24) is 5.32 Å². The molecule has 1 amide bonds. The van der Waals surface area contributed by atoms with Gasteiger partial charge >= 0.3 is 6.09 Å². The van der Waals surface area contributed by atoms with Crippen LogP contribution < -0.4 is 10.1 Å². The van der Waals surface area contributed by atoms with Crippen molar-refractivity contribution < 1.29 is 19.4 Å². The molecule has 0 saturated carbocycles. The fourth-order valence-corrected chi connectivity index (χ4v) is 2.72. The Labute approximate surface area is 173 Å². The van der Waals surface area contributed by atoms with Gasteiger partial charge in [-0.05, 0) is 57.4 Å². The number of hydrogen-bond donors (Lipinski definition) is 2. The third-order valence-corrected chi connectivity index (χ3v) is 4.06. The fraction of sp³-hybridized carbons (Fsp3) is 0.375. The molecule has 0 aliphatic heterocycles. The van der Waals surface area contributed by atoms with Gasteiger partial charge in [0.2, 0.25) is 0 Å². The van der Waals surface area contributed by atoms with Crippen molar-refractivity contribution in [2.45, 2.75) is 52.4 Å². The maximum Gasteiger partial charge on any atom is 0.408 e. The van der Waals surface area contributed by atoms with Gasteiger partial charge in [-0.1, -0.05) is 54.1 Å². The lowest BCUT2D eigenvalue weighted by atomic mass is 10.0. The molecule has 1 atom stereocenters. The van der Waals surface area contributed by atoms with Crippen LogP contribution >= 0.6 is 0 Å². The second-order valence-corrected chi connectivity index (χ2v) is 8.05. The van der Waals surface area contributed by atoms with Gasteiger partial charge in [0, 0.05) is 0 Å². The van der Waals surface area contributed by atoms with Crippen LogP contribution in [0.3, 0.4) is 0 Å². The minimum atomic E-state index is -0.567. The van der Waals surface area contributed by atoms with Crippen LogP contribution in [0.1, 0.15) is 38.8 Å². The highest BCUT2D eigenvalue weighted by atomic mass is 16.6. The van der Waals surface area contributed by atoms with E-state index in [1.165, 1.54) is 0 Å². The molecule has 5 heteroatoms. The van der Waals surface area contributed by atoms with Crippen LogP contribution in [0.2, 0.25) is 0 Å². The number of carbonyl (C=O) groups is 1. The zero-order valence-electron chi connectivity index (χ0n) is 17.6. The summed E-state index contributed by atoms with van der Waals surface area (Å²) in [5, 5.41) is 12.2. The number of aliphatic hydroxyl groups is 1. The number of nitrogens with one attached hydrogen (secondary N) is 1. The molecule has 5 nitrogen and oxygen atoms in total. The first kappa shape index (κ1) is 22.5. The summed E-state index contributed by atoms with van der Waals surface area (Å²) < 4.78 is 11.2. The van der Waals surface area contributed by atoms with Gasteiger partial charge in [-0.2, -0.15) is 0 Å². The predicted octanol–water partition coefficient (Wildman–Crippen LogP) is 4.64. The first-order valence-electron chi connectivity index (χ1n) is 9.78. The lowest BCUT2D eigenvalue weighted by molar-refractivity contribution is 0.0514. The molecule has 0 aromatic heterocycles. The molecule has 2 N–H and O–H groups in total. The minimum absolute atomic E-state index is 0.0568. The lowest BCUT2D eigenvalue weighted by Crippen LogP contribution is -2.39. The number of amides is 1. The quantitative estimate of drug-likeness (QED) is 0.637. The van der Waals surface area contributed by atoms with Gasteiger partial charge in [0.05, 0.1) is 12.6 Å². The van der Waals surface area contributed by atoms with Crippen LogP contribution in [-0.4, -0.2) is 29.4 Å². The van der Waals surface area contributed by atoms with Crippen molar-refractivity contribution in [3.63, 3.8) is 0 Å². The van der Waals surface area contributed by atoms with E-state index in [2.05, 4.69) is 5.32 Å². The van der Waals surface area contributed by atoms with Crippen molar-refractivity contribution in [2.75, 3.05) is 6.61 Å². The van der Waals surface area contributed by atoms with Crippen LogP contribution in [0.15, 0.2) is 66.2 Å². The van der Waals surface area contributed by atoms with Gasteiger partial charge in [0.15, 0.2) is 0 Å². The van der Waals surface area contributed by atoms with Crippen molar-refractivity contribution in [3.05, 3.63) is 77.4 Å². The summed E-state index contributed by atoms with van der Waals surface area (Å²) in [6, 6.07) is 17.5. The van der Waals surface area contributed by atoms with Gasteiger partial charge in [-0.15, -0.1) is 0 Å². The van der Waals surface area contributed by atoms with Crippen molar-refractivity contribution >= 4 is 6.09 Å². The highest BCUT2D eigenvalue weighted by Gasteiger charge is 2.19. The van der Waals surface area contributed by atoms with E-state index in [0.717, 1.165) is 22.4 Å². The third kappa shape index (κ3) is 8.83. The SMILES string of the molecule is C/C(=C\[C@H](Cc1ccc(OCc2ccccc2)cc1)NC(=O)OC(C)(C)C)CO. The summed E-state index contributed by atoms with van der Waals surface area (Å²) in [6.07, 6.45) is 1.95. The van der Waals surface area contributed by atoms with E-state index >= 15 is 0 Å². The zero-order valence-corrected chi connectivity index (χ0v) is 17.6. The summed E-state index contributed by atoms with van der Waals surface area (Å²) in [5.41, 5.74) is 2.37. The first-order chi connectivity index (χ1) is 13.7. The average Bonchev–Trinajstić information content (AvgIpc) is 2.66. The van der Waals surface area contributed by atoms with E-state index in [9.17, 15) is 9.90 Å². The van der Waals surface area contributed by atoms with Crippen LogP contribution in [0.4, 0.5) is 4.79 Å². The minimum Gasteiger partial charge on any atom is -0.489 e. The van der Waals surface area contributed by atoms with Gasteiger partial charge in [0.25, 0.3) is 0 Å². The molecule has 2 aromatic carbocycles. The van der Waals surface area contributed by atoms with Crippen molar-refractivity contribution in [2.24, 2.45) is 0 Å². The number of carbonyl (C=O) groups excluding carboxylic acids is 1. The zero-order chi connectivity index (χ0) is 21.3. The monoisotopic (exact) mass is 397 g/mol. The normalized spacial score (nSPS) is 12.9. The Kier molecular flexibility index (Phi) is 8.28. The summed E-state index contributed by atoms with van der Waals surface area (Å²) in [5.74, 6) is 0.788. The number of aliphatic hydroxyl groups excluding tert-OH is 1.